The van der Waals surface area contributed by atoms with Gasteiger partial charge in [0.1, 0.15) is 6.61 Å². The summed E-state index contributed by atoms with van der Waals surface area (Å²) in [5.74, 6) is -0.216. The summed E-state index contributed by atoms with van der Waals surface area (Å²) in [5, 5.41) is 28.5. The van der Waals surface area contributed by atoms with E-state index < -0.39 is 11.4 Å². The molecule has 0 spiro atoms. The van der Waals surface area contributed by atoms with Crippen LogP contribution in [0.3, 0.4) is 0 Å². The second-order valence-corrected chi connectivity index (χ2v) is 10.2. The second-order valence-electron chi connectivity index (χ2n) is 9.23. The lowest BCUT2D eigenvalue weighted by molar-refractivity contribution is -0.149. The molecule has 202 valence electrons. The van der Waals surface area contributed by atoms with Crippen LogP contribution in [0, 0.1) is 5.41 Å². The lowest BCUT2D eigenvalue weighted by Gasteiger charge is -2.36. The van der Waals surface area contributed by atoms with Gasteiger partial charge >= 0.3 is 12.0 Å². The van der Waals surface area contributed by atoms with Gasteiger partial charge in [-0.15, -0.1) is 0 Å². The first-order chi connectivity index (χ1) is 18.2. The number of amides is 2. The Labute approximate surface area is 223 Å². The SMILES string of the molecule is CCNC(=O)Nc1nc2cc(-c3cnc(N4CCC(C)(C(=O)O)CC4)nc3)cc(C(C)=NOCCO)c2s1. The zero-order chi connectivity index (χ0) is 27.3. The number of benzene rings is 1. The summed E-state index contributed by atoms with van der Waals surface area (Å²) >= 11 is 1.32. The van der Waals surface area contributed by atoms with Crippen LogP contribution < -0.4 is 15.5 Å². The van der Waals surface area contributed by atoms with Crippen molar-refractivity contribution < 1.29 is 24.6 Å². The van der Waals surface area contributed by atoms with Crippen molar-refractivity contribution in [3.63, 3.8) is 0 Å². The molecule has 2 amide bonds. The highest BCUT2D eigenvalue weighted by Gasteiger charge is 2.37. The van der Waals surface area contributed by atoms with Gasteiger partial charge in [0.25, 0.3) is 0 Å². The van der Waals surface area contributed by atoms with Crippen LogP contribution in [0.5, 0.6) is 0 Å². The average molecular weight is 542 g/mol. The molecule has 1 aliphatic rings. The van der Waals surface area contributed by atoms with E-state index in [-0.39, 0.29) is 19.2 Å². The molecule has 0 atom stereocenters. The van der Waals surface area contributed by atoms with Gasteiger partial charge in [0.15, 0.2) is 5.13 Å². The van der Waals surface area contributed by atoms with Crippen molar-refractivity contribution in [3.8, 4) is 11.1 Å². The summed E-state index contributed by atoms with van der Waals surface area (Å²) in [6.45, 7) is 6.97. The molecule has 1 aromatic carbocycles. The number of aromatic nitrogens is 3. The molecule has 0 unspecified atom stereocenters. The molecule has 1 fully saturated rings. The Morgan fingerprint density at radius 2 is 1.92 bits per heavy atom. The number of aliphatic carboxylic acids is 1. The standard InChI is InChI=1S/C25H31N7O5S/c1-4-26-23(36)30-24-29-19-12-16(11-18(20(19)38-24)15(2)31-37-10-9-33)17-13-27-22(28-14-17)32-7-5-25(3,6-8-32)21(34)35/h11-14,33H,4-10H2,1-3H3,(H,34,35)(H2,26,29,30,36). The maximum Gasteiger partial charge on any atom is 0.321 e. The van der Waals surface area contributed by atoms with E-state index in [9.17, 15) is 14.7 Å². The van der Waals surface area contributed by atoms with E-state index in [4.69, 9.17) is 9.94 Å². The zero-order valence-corrected chi connectivity index (χ0v) is 22.3. The maximum absolute atomic E-state index is 12.0. The minimum absolute atomic E-state index is 0.0737. The molecule has 38 heavy (non-hydrogen) atoms. The monoisotopic (exact) mass is 541 g/mol. The number of nitrogens with zero attached hydrogens (tertiary/aromatic N) is 5. The van der Waals surface area contributed by atoms with Crippen LogP contribution in [0.15, 0.2) is 29.7 Å². The quantitative estimate of drug-likeness (QED) is 0.181. The first-order valence-electron chi connectivity index (χ1n) is 12.3. The molecule has 3 aromatic rings. The molecule has 1 aliphatic heterocycles. The van der Waals surface area contributed by atoms with Crippen molar-refractivity contribution in [3.05, 3.63) is 30.1 Å². The molecule has 0 bridgehead atoms. The summed E-state index contributed by atoms with van der Waals surface area (Å²) in [6, 6.07) is 3.50. The van der Waals surface area contributed by atoms with Crippen LogP contribution >= 0.6 is 11.3 Å². The van der Waals surface area contributed by atoms with E-state index >= 15 is 0 Å². The Kier molecular flexibility index (Phi) is 8.37. The highest BCUT2D eigenvalue weighted by molar-refractivity contribution is 7.22. The van der Waals surface area contributed by atoms with Crippen molar-refractivity contribution in [2.45, 2.75) is 33.6 Å². The Morgan fingerprint density at radius 1 is 1.21 bits per heavy atom. The van der Waals surface area contributed by atoms with Crippen LogP contribution in [0.2, 0.25) is 0 Å². The molecule has 3 heterocycles. The highest BCUT2D eigenvalue weighted by Crippen LogP contribution is 2.35. The maximum atomic E-state index is 12.0. The van der Waals surface area contributed by atoms with Gasteiger partial charge < -0.3 is 25.3 Å². The van der Waals surface area contributed by atoms with Gasteiger partial charge in [-0.1, -0.05) is 16.5 Å². The van der Waals surface area contributed by atoms with Gasteiger partial charge in [-0.25, -0.2) is 19.7 Å². The van der Waals surface area contributed by atoms with E-state index in [1.165, 1.54) is 11.3 Å². The van der Waals surface area contributed by atoms with Crippen LogP contribution in [0.1, 0.15) is 39.2 Å². The van der Waals surface area contributed by atoms with E-state index in [1.54, 1.807) is 26.2 Å². The summed E-state index contributed by atoms with van der Waals surface area (Å²) in [6.07, 6.45) is 4.52. The van der Waals surface area contributed by atoms with Crippen LogP contribution in [-0.2, 0) is 9.63 Å². The normalized spacial score (nSPS) is 15.4. The van der Waals surface area contributed by atoms with E-state index in [1.807, 2.05) is 24.0 Å². The van der Waals surface area contributed by atoms with E-state index in [0.717, 1.165) is 21.4 Å². The number of rotatable bonds is 9. The number of piperidine rings is 1. The zero-order valence-electron chi connectivity index (χ0n) is 21.5. The fourth-order valence-electron chi connectivity index (χ4n) is 4.10. The topological polar surface area (TPSA) is 162 Å². The van der Waals surface area contributed by atoms with Crippen LogP contribution in [0.25, 0.3) is 21.3 Å². The van der Waals surface area contributed by atoms with Gasteiger partial charge in [0.2, 0.25) is 5.95 Å². The number of hydrogen-bond acceptors (Lipinski definition) is 10. The van der Waals surface area contributed by atoms with Crippen molar-refractivity contribution >= 4 is 50.3 Å². The number of anilines is 2. The predicted molar refractivity (Wildman–Crippen MR) is 146 cm³/mol. The van der Waals surface area contributed by atoms with Crippen molar-refractivity contribution in [1.29, 1.82) is 0 Å². The molecule has 1 saturated heterocycles. The number of thiazole rings is 1. The molecule has 12 nitrogen and oxygen atoms in total. The minimum atomic E-state index is -0.772. The van der Waals surface area contributed by atoms with Gasteiger partial charge in [-0.3, -0.25) is 10.1 Å². The summed E-state index contributed by atoms with van der Waals surface area (Å²) < 4.78 is 0.821. The van der Waals surface area contributed by atoms with Crippen LogP contribution in [0.4, 0.5) is 15.9 Å². The third kappa shape index (κ3) is 6.00. The van der Waals surface area contributed by atoms with Crippen molar-refractivity contribution in [1.82, 2.24) is 20.3 Å². The van der Waals surface area contributed by atoms with Gasteiger partial charge in [0.05, 0.1) is 28.0 Å². The van der Waals surface area contributed by atoms with Gasteiger partial charge in [-0.2, -0.15) is 0 Å². The molecule has 0 saturated carbocycles. The number of nitrogens with one attached hydrogen (secondary N) is 2. The number of fused-ring (bicyclic) bond motifs is 1. The fraction of sp³-hybridized carbons (Fsp3) is 0.440. The molecular weight excluding hydrogens is 510 g/mol. The number of carboxylic acid groups (broad SMARTS) is 1. The highest BCUT2D eigenvalue weighted by atomic mass is 32.1. The summed E-state index contributed by atoms with van der Waals surface area (Å²) in [7, 11) is 0. The molecule has 0 aliphatic carbocycles. The first-order valence-corrected chi connectivity index (χ1v) is 13.1. The van der Waals surface area contributed by atoms with Gasteiger partial charge in [-0.05, 0) is 51.3 Å². The van der Waals surface area contributed by atoms with Crippen LogP contribution in [-0.4, -0.2) is 75.7 Å². The third-order valence-electron chi connectivity index (χ3n) is 6.46. The van der Waals surface area contributed by atoms with Crippen molar-refractivity contribution in [2.75, 3.05) is 43.1 Å². The Bertz CT molecular complexity index is 1330. The van der Waals surface area contributed by atoms with E-state index in [0.29, 0.717) is 54.8 Å². The molecule has 2 aromatic heterocycles. The molecule has 13 heteroatoms. The Morgan fingerprint density at radius 3 is 2.55 bits per heavy atom. The first kappa shape index (κ1) is 27.2. The molecular formula is C25H31N7O5S. The lowest BCUT2D eigenvalue weighted by Crippen LogP contribution is -2.43. The lowest BCUT2D eigenvalue weighted by atomic mass is 9.80. The summed E-state index contributed by atoms with van der Waals surface area (Å²) in [4.78, 5) is 44.5. The smallest absolute Gasteiger partial charge is 0.321 e. The number of carbonyl (C=O) groups excluding carboxylic acids is 1. The number of carboxylic acids is 1. The number of aliphatic hydroxyl groups is 1. The fourth-order valence-corrected chi connectivity index (χ4v) is 5.11. The average Bonchev–Trinajstić information content (AvgIpc) is 3.31. The summed E-state index contributed by atoms with van der Waals surface area (Å²) in [5.41, 5.74) is 2.87. The Hall–Kier alpha value is -3.84. The third-order valence-corrected chi connectivity index (χ3v) is 7.48. The number of carbonyl (C=O) groups is 2. The number of urea groups is 1. The van der Waals surface area contributed by atoms with Crippen molar-refractivity contribution in [2.24, 2.45) is 10.6 Å². The largest absolute Gasteiger partial charge is 0.481 e. The van der Waals surface area contributed by atoms with E-state index in [2.05, 4.69) is 30.7 Å². The number of hydrogen-bond donors (Lipinski definition) is 4. The second kappa shape index (κ2) is 11.7. The molecule has 4 N–H and O–H groups in total. The molecule has 4 rings (SSSR count). The number of aliphatic hydroxyl groups excluding tert-OH is 1. The number of oxime groups is 1. The Balaban J connectivity index is 1.63. The minimum Gasteiger partial charge on any atom is -0.481 e. The molecule has 0 radical (unpaired) electrons. The predicted octanol–water partition coefficient (Wildman–Crippen LogP) is 3.32. The van der Waals surface area contributed by atoms with Gasteiger partial charge in [0, 0.05) is 43.2 Å².